The van der Waals surface area contributed by atoms with Gasteiger partial charge in [0.1, 0.15) is 29.8 Å². The Kier molecular flexibility index (Phi) is 6.33. The van der Waals surface area contributed by atoms with Crippen molar-refractivity contribution in [1.29, 1.82) is 5.26 Å². The van der Waals surface area contributed by atoms with Crippen LogP contribution < -0.4 is 20.1 Å². The number of ether oxygens (including phenoxy) is 2. The molecule has 0 aliphatic carbocycles. The average Bonchev–Trinajstić information content (AvgIpc) is 2.82. The van der Waals surface area contributed by atoms with Crippen LogP contribution >= 0.6 is 0 Å². The van der Waals surface area contributed by atoms with Crippen molar-refractivity contribution in [2.75, 3.05) is 25.5 Å². The maximum atomic E-state index is 14.1. The number of methoxy groups -OCH3 is 1. The van der Waals surface area contributed by atoms with E-state index in [0.29, 0.717) is 35.3 Å². The number of aromatic nitrogens is 3. The number of hydrogen-bond acceptors (Lipinski definition) is 8. The molecular formula is C23H22F2N6O2. The van der Waals surface area contributed by atoms with Crippen LogP contribution in [0, 0.1) is 18.3 Å². The maximum Gasteiger partial charge on any atom is 0.296 e. The second kappa shape index (κ2) is 9.34. The number of anilines is 2. The highest BCUT2D eigenvalue weighted by Gasteiger charge is 2.43. The number of nitriles is 1. The summed E-state index contributed by atoms with van der Waals surface area (Å²) in [5, 5.41) is 15.3. The minimum absolute atomic E-state index is 0.121. The minimum Gasteiger partial charge on any atom is -0.483 e. The van der Waals surface area contributed by atoms with Crippen molar-refractivity contribution in [2.24, 2.45) is 0 Å². The van der Waals surface area contributed by atoms with Gasteiger partial charge in [-0.2, -0.15) is 10.2 Å². The summed E-state index contributed by atoms with van der Waals surface area (Å²) in [6, 6.07) is 12.2. The van der Waals surface area contributed by atoms with Crippen molar-refractivity contribution >= 4 is 11.6 Å². The van der Waals surface area contributed by atoms with Gasteiger partial charge >= 0.3 is 0 Å². The fraction of sp³-hybridized carbons (Fsp3) is 0.304. The first-order valence-corrected chi connectivity index (χ1v) is 10.3. The first-order chi connectivity index (χ1) is 15.9. The Hall–Kier alpha value is -3.84. The number of benzene rings is 1. The van der Waals surface area contributed by atoms with Crippen LogP contribution in [0.5, 0.6) is 11.6 Å². The van der Waals surface area contributed by atoms with Gasteiger partial charge in [-0.3, -0.25) is 0 Å². The Morgan fingerprint density at radius 1 is 1.18 bits per heavy atom. The van der Waals surface area contributed by atoms with Crippen molar-refractivity contribution in [3.8, 4) is 29.0 Å². The molecule has 33 heavy (non-hydrogen) atoms. The highest BCUT2D eigenvalue weighted by atomic mass is 19.3. The van der Waals surface area contributed by atoms with Gasteiger partial charge in [0, 0.05) is 23.6 Å². The molecule has 0 radical (unpaired) electrons. The molecule has 1 aliphatic rings. The predicted molar refractivity (Wildman–Crippen MR) is 118 cm³/mol. The standard InChI is InChI=1S/C23H22F2N6O2/c1-14-3-6-20(31-22(14)32-2)30-21-10-17(28-13-29-21)15-4-5-18(16(9-15)11-26)33-19-7-8-27-12-23(19,24)25/h3-6,9-10,13,19,27H,7-8,12H2,1-2H3,(H,28,29,30,31). The number of nitrogens with one attached hydrogen (secondary N) is 2. The largest absolute Gasteiger partial charge is 0.483 e. The van der Waals surface area contributed by atoms with E-state index in [1.165, 1.54) is 12.4 Å². The van der Waals surface area contributed by atoms with Crippen LogP contribution in [0.1, 0.15) is 17.5 Å². The first kappa shape index (κ1) is 22.4. The van der Waals surface area contributed by atoms with Gasteiger partial charge in [0.15, 0.2) is 6.10 Å². The third-order valence-corrected chi connectivity index (χ3v) is 5.25. The summed E-state index contributed by atoms with van der Waals surface area (Å²) in [5.41, 5.74) is 2.22. The van der Waals surface area contributed by atoms with Crippen molar-refractivity contribution in [2.45, 2.75) is 25.4 Å². The fourth-order valence-electron chi connectivity index (χ4n) is 3.49. The molecule has 1 aliphatic heterocycles. The monoisotopic (exact) mass is 452 g/mol. The smallest absolute Gasteiger partial charge is 0.296 e. The molecule has 0 bridgehead atoms. The Labute approximate surface area is 189 Å². The molecule has 3 heterocycles. The van der Waals surface area contributed by atoms with Crippen LogP contribution in [0.15, 0.2) is 42.7 Å². The maximum absolute atomic E-state index is 14.1. The highest BCUT2D eigenvalue weighted by Crippen LogP contribution is 2.32. The molecule has 1 atom stereocenters. The number of nitrogens with zero attached hydrogens (tertiary/aromatic N) is 4. The fourth-order valence-corrected chi connectivity index (χ4v) is 3.49. The molecule has 1 unspecified atom stereocenters. The van der Waals surface area contributed by atoms with Crippen LogP contribution in [0.4, 0.5) is 20.4 Å². The SMILES string of the molecule is COc1nc(Nc2cc(-c3ccc(OC4CCNCC4(F)F)c(C#N)c3)ncn2)ccc1C. The van der Waals surface area contributed by atoms with Gasteiger partial charge in [0.2, 0.25) is 5.88 Å². The summed E-state index contributed by atoms with van der Waals surface area (Å²) >= 11 is 0. The van der Waals surface area contributed by atoms with Crippen LogP contribution in [0.2, 0.25) is 0 Å². The van der Waals surface area contributed by atoms with E-state index in [9.17, 15) is 14.0 Å². The third-order valence-electron chi connectivity index (χ3n) is 5.25. The van der Waals surface area contributed by atoms with Gasteiger partial charge in [-0.1, -0.05) is 6.07 Å². The molecular weight excluding hydrogens is 430 g/mol. The molecule has 3 aromatic rings. The number of pyridine rings is 1. The zero-order chi connectivity index (χ0) is 23.4. The lowest BCUT2D eigenvalue weighted by molar-refractivity contribution is -0.109. The molecule has 1 fully saturated rings. The van der Waals surface area contributed by atoms with Gasteiger partial charge in [0.05, 0.1) is 24.9 Å². The van der Waals surface area contributed by atoms with Crippen LogP contribution in [0.25, 0.3) is 11.3 Å². The van der Waals surface area contributed by atoms with Crippen LogP contribution in [-0.4, -0.2) is 47.2 Å². The molecule has 0 saturated carbocycles. The second-order valence-electron chi connectivity index (χ2n) is 7.59. The minimum atomic E-state index is -3.01. The summed E-state index contributed by atoms with van der Waals surface area (Å²) in [7, 11) is 1.55. The van der Waals surface area contributed by atoms with E-state index in [0.717, 1.165) is 5.56 Å². The topological polar surface area (TPSA) is 105 Å². The van der Waals surface area contributed by atoms with Gasteiger partial charge in [0.25, 0.3) is 5.92 Å². The summed E-state index contributed by atoms with van der Waals surface area (Å²) in [6.07, 6.45) is 0.249. The first-order valence-electron chi connectivity index (χ1n) is 10.3. The summed E-state index contributed by atoms with van der Waals surface area (Å²) in [6.45, 7) is 1.87. The molecule has 170 valence electrons. The second-order valence-corrected chi connectivity index (χ2v) is 7.59. The van der Waals surface area contributed by atoms with E-state index >= 15 is 0 Å². The number of piperidine rings is 1. The normalized spacial score (nSPS) is 17.1. The van der Waals surface area contributed by atoms with Gasteiger partial charge in [-0.05, 0) is 37.7 Å². The zero-order valence-corrected chi connectivity index (χ0v) is 18.1. The molecule has 2 aromatic heterocycles. The van der Waals surface area contributed by atoms with Crippen molar-refractivity contribution < 1.29 is 18.3 Å². The van der Waals surface area contributed by atoms with E-state index < -0.39 is 18.6 Å². The number of hydrogen-bond donors (Lipinski definition) is 2. The average molecular weight is 452 g/mol. The highest BCUT2D eigenvalue weighted by molar-refractivity contribution is 5.67. The predicted octanol–water partition coefficient (Wildman–Crippen LogP) is 3.85. The molecule has 4 rings (SSSR count). The van der Waals surface area contributed by atoms with E-state index in [-0.39, 0.29) is 17.7 Å². The third kappa shape index (κ3) is 4.99. The number of halogens is 2. The van der Waals surface area contributed by atoms with Gasteiger partial charge < -0.3 is 20.1 Å². The number of rotatable bonds is 6. The van der Waals surface area contributed by atoms with Crippen molar-refractivity contribution in [1.82, 2.24) is 20.3 Å². The van der Waals surface area contributed by atoms with E-state index in [1.54, 1.807) is 31.4 Å². The van der Waals surface area contributed by atoms with Crippen molar-refractivity contribution in [3.63, 3.8) is 0 Å². The molecule has 1 aromatic carbocycles. The molecule has 10 heteroatoms. The number of alkyl halides is 2. The number of aryl methyl sites for hydroxylation is 1. The molecule has 1 saturated heterocycles. The Balaban J connectivity index is 1.56. The van der Waals surface area contributed by atoms with Gasteiger partial charge in [-0.25, -0.2) is 18.7 Å². The van der Waals surface area contributed by atoms with Crippen molar-refractivity contribution in [3.05, 3.63) is 53.9 Å². The van der Waals surface area contributed by atoms with E-state index in [1.807, 2.05) is 19.1 Å². The molecule has 0 spiro atoms. The summed E-state index contributed by atoms with van der Waals surface area (Å²) in [4.78, 5) is 12.9. The summed E-state index contributed by atoms with van der Waals surface area (Å²) in [5.74, 6) is -1.35. The van der Waals surface area contributed by atoms with Gasteiger partial charge in [-0.15, -0.1) is 0 Å². The van der Waals surface area contributed by atoms with E-state index in [2.05, 4.69) is 25.6 Å². The van der Waals surface area contributed by atoms with Crippen LogP contribution in [-0.2, 0) is 0 Å². The summed E-state index contributed by atoms with van der Waals surface area (Å²) < 4.78 is 39.0. The van der Waals surface area contributed by atoms with Crippen LogP contribution in [0.3, 0.4) is 0 Å². The Morgan fingerprint density at radius 2 is 2.03 bits per heavy atom. The lowest BCUT2D eigenvalue weighted by Gasteiger charge is -2.32. The Bertz CT molecular complexity index is 1200. The molecule has 8 nitrogen and oxygen atoms in total. The lowest BCUT2D eigenvalue weighted by Crippen LogP contribution is -2.52. The Morgan fingerprint density at radius 3 is 2.79 bits per heavy atom. The molecule has 0 amide bonds. The quantitative estimate of drug-likeness (QED) is 0.581. The molecule has 2 N–H and O–H groups in total. The van der Waals surface area contributed by atoms with E-state index in [4.69, 9.17) is 9.47 Å². The lowest BCUT2D eigenvalue weighted by atomic mass is 10.0. The zero-order valence-electron chi connectivity index (χ0n) is 18.1.